The molecule has 0 atom stereocenters. The van der Waals surface area contributed by atoms with Gasteiger partial charge in [-0.25, -0.2) is 4.79 Å². The average Bonchev–Trinajstić information content (AvgIpc) is 1.35. The Kier molecular flexibility index (Phi) is 7.59. The first-order chi connectivity index (χ1) is 2.77. The van der Waals surface area contributed by atoms with Crippen molar-refractivity contribution in [3.63, 3.8) is 0 Å². The minimum atomic E-state index is -0.822. The van der Waals surface area contributed by atoms with Crippen LogP contribution in [0.2, 0.25) is 0 Å². The fourth-order valence-electron chi connectivity index (χ4n) is 0.0551. The molecule has 0 aromatic rings. The molecule has 44 valence electrons. The quantitative estimate of drug-likeness (QED) is 0.340. The summed E-state index contributed by atoms with van der Waals surface area (Å²) in [4.78, 5) is 9.49. The number of hydrazine groups is 1. The number of carbonyl (C=O) groups is 1. The number of nitrogens with one attached hydrogen (secondary N) is 2. The van der Waals surface area contributed by atoms with Crippen LogP contribution in [-0.2, 0) is 0 Å². The van der Waals surface area contributed by atoms with Crippen LogP contribution in [0.25, 0.3) is 0 Å². The summed E-state index contributed by atoms with van der Waals surface area (Å²) < 4.78 is 0. The van der Waals surface area contributed by atoms with Crippen molar-refractivity contribution in [2.45, 2.75) is 0 Å². The summed E-state index contributed by atoms with van der Waals surface area (Å²) in [6.07, 6.45) is 0. The number of hydrogen-bond acceptors (Lipinski definition) is 3. The fraction of sp³-hybridized carbons (Fsp3) is 0. The Morgan fingerprint density at radius 1 is 1.71 bits per heavy atom. The van der Waals surface area contributed by atoms with Crippen LogP contribution in [-0.4, -0.2) is 11.2 Å². The zero-order valence-corrected chi connectivity index (χ0v) is 4.16. The van der Waals surface area contributed by atoms with Gasteiger partial charge in [-0.15, -0.1) is 18.0 Å². The van der Waals surface area contributed by atoms with Crippen LogP contribution in [0, 0.1) is 0 Å². The van der Waals surface area contributed by atoms with Crippen LogP contribution in [0.1, 0.15) is 0 Å². The van der Waals surface area contributed by atoms with Crippen molar-refractivity contribution >= 4 is 18.4 Å². The second-order valence-electron chi connectivity index (χ2n) is 0.601. The second-order valence-corrected chi connectivity index (χ2v) is 0.601. The van der Waals surface area contributed by atoms with E-state index in [1.54, 1.807) is 5.43 Å². The van der Waals surface area contributed by atoms with Gasteiger partial charge in [0, 0.05) is 0 Å². The maximum Gasteiger partial charge on any atom is 0.328 e. The lowest BCUT2D eigenvalue weighted by atomic mass is 11.2. The number of carbonyl (C=O) groups excluding carboxylic acids is 1. The highest BCUT2D eigenvalue weighted by atomic mass is 35.5. The Bertz CT molecular complexity index is 56.9. The fourth-order valence-corrected chi connectivity index (χ4v) is 0.0551. The van der Waals surface area contributed by atoms with Crippen molar-refractivity contribution in [1.29, 1.82) is 0 Å². The Hall–Kier alpha value is -0.520. The van der Waals surface area contributed by atoms with Gasteiger partial charge < -0.3 is 5.73 Å². The van der Waals surface area contributed by atoms with Crippen LogP contribution in [0.15, 0.2) is 0 Å². The topological polar surface area (TPSA) is 87.4 Å². The highest BCUT2D eigenvalue weighted by molar-refractivity contribution is 5.85. The summed E-state index contributed by atoms with van der Waals surface area (Å²) >= 11 is 0. The first-order valence-electron chi connectivity index (χ1n) is 1.22. The van der Waals surface area contributed by atoms with E-state index in [9.17, 15) is 4.79 Å². The van der Waals surface area contributed by atoms with E-state index in [2.05, 4.69) is 5.73 Å². The molecule has 0 heterocycles. The number of primary amides is 1. The molecule has 0 aliphatic heterocycles. The van der Waals surface area contributed by atoms with E-state index >= 15 is 0 Å². The van der Waals surface area contributed by atoms with Crippen molar-refractivity contribution in [2.24, 2.45) is 5.73 Å². The summed E-state index contributed by atoms with van der Waals surface area (Å²) in [5.41, 5.74) is 7.43. The van der Waals surface area contributed by atoms with Crippen molar-refractivity contribution in [1.82, 2.24) is 11.0 Å². The zero-order valence-electron chi connectivity index (χ0n) is 3.34. The third kappa shape index (κ3) is 10.8. The van der Waals surface area contributed by atoms with Gasteiger partial charge in [-0.2, -0.15) is 0 Å². The van der Waals surface area contributed by atoms with Crippen LogP contribution >= 0.6 is 12.4 Å². The predicted octanol–water partition coefficient (Wildman–Crippen LogP) is -1.03. The predicted molar refractivity (Wildman–Crippen MR) is 24.9 cm³/mol. The number of urea groups is 1. The molecule has 0 aliphatic rings. The number of hydrogen-bond donors (Lipinski definition) is 4. The molecule has 0 saturated carbocycles. The van der Waals surface area contributed by atoms with Crippen LogP contribution in [0.4, 0.5) is 4.79 Å². The molecule has 0 unspecified atom stereocenters. The molecule has 5 nitrogen and oxygen atoms in total. The van der Waals surface area contributed by atoms with Crippen molar-refractivity contribution in [3.8, 4) is 0 Å². The molecule has 0 fully saturated rings. The van der Waals surface area contributed by atoms with Gasteiger partial charge in [0.25, 0.3) is 0 Å². The molecule has 5 N–H and O–H groups in total. The normalized spacial score (nSPS) is 6.43. The lowest BCUT2D eigenvalue weighted by Crippen LogP contribution is -2.38. The Labute approximate surface area is 46.2 Å². The van der Waals surface area contributed by atoms with Crippen LogP contribution in [0.3, 0.4) is 0 Å². The minimum absolute atomic E-state index is 0. The van der Waals surface area contributed by atoms with Gasteiger partial charge in [0.15, 0.2) is 0 Å². The molecule has 0 spiro atoms. The van der Waals surface area contributed by atoms with E-state index in [-0.39, 0.29) is 12.4 Å². The number of halogens is 1. The molecule has 0 radical (unpaired) electrons. The largest absolute Gasteiger partial charge is 0.350 e. The van der Waals surface area contributed by atoms with E-state index in [1.165, 1.54) is 5.59 Å². The standard InChI is InChI=1S/CH5N3O2.ClH/c2-1(5)3-4-6;/h4,6H,(H3,2,3,5);1H. The van der Waals surface area contributed by atoms with Gasteiger partial charge in [-0.05, 0) is 0 Å². The Balaban J connectivity index is 0. The van der Waals surface area contributed by atoms with Gasteiger partial charge in [0.2, 0.25) is 0 Å². The maximum atomic E-state index is 9.49. The lowest BCUT2D eigenvalue weighted by Gasteiger charge is -1.90. The van der Waals surface area contributed by atoms with E-state index < -0.39 is 6.03 Å². The molecule has 0 bridgehead atoms. The molecule has 0 aliphatic carbocycles. The summed E-state index contributed by atoms with van der Waals surface area (Å²) in [6.45, 7) is 0. The summed E-state index contributed by atoms with van der Waals surface area (Å²) in [5.74, 6) is 0. The highest BCUT2D eigenvalue weighted by Crippen LogP contribution is 1.39. The average molecular weight is 128 g/mol. The number of amides is 2. The summed E-state index contributed by atoms with van der Waals surface area (Å²) in [7, 11) is 0. The molecular weight excluding hydrogens is 121 g/mol. The molecule has 7 heavy (non-hydrogen) atoms. The molecule has 0 aromatic carbocycles. The molecule has 0 rings (SSSR count). The van der Waals surface area contributed by atoms with Crippen LogP contribution in [0.5, 0.6) is 0 Å². The van der Waals surface area contributed by atoms with Gasteiger partial charge in [-0.1, -0.05) is 0 Å². The van der Waals surface area contributed by atoms with E-state index in [4.69, 9.17) is 5.21 Å². The third-order valence-electron chi connectivity index (χ3n) is 0.179. The Morgan fingerprint density at radius 2 is 2.14 bits per heavy atom. The minimum Gasteiger partial charge on any atom is -0.350 e. The molecule has 0 saturated heterocycles. The van der Waals surface area contributed by atoms with Crippen LogP contribution < -0.4 is 16.7 Å². The maximum absolute atomic E-state index is 9.49. The lowest BCUT2D eigenvalue weighted by molar-refractivity contribution is 0.129. The van der Waals surface area contributed by atoms with Gasteiger partial charge in [-0.3, -0.25) is 10.6 Å². The first-order valence-corrected chi connectivity index (χ1v) is 1.22. The highest BCUT2D eigenvalue weighted by Gasteiger charge is 1.79. The smallest absolute Gasteiger partial charge is 0.328 e. The van der Waals surface area contributed by atoms with Gasteiger partial charge >= 0.3 is 6.03 Å². The number of nitrogens with two attached hydrogens (primary N) is 1. The molecule has 2 amide bonds. The first kappa shape index (κ1) is 9.70. The molecule has 0 aromatic heterocycles. The Morgan fingerprint density at radius 3 is 2.14 bits per heavy atom. The number of rotatable bonds is 1. The van der Waals surface area contributed by atoms with Crippen molar-refractivity contribution in [3.05, 3.63) is 0 Å². The van der Waals surface area contributed by atoms with Crippen molar-refractivity contribution < 1.29 is 10.0 Å². The third-order valence-corrected chi connectivity index (χ3v) is 0.179. The molecule has 6 heteroatoms. The van der Waals surface area contributed by atoms with Crippen molar-refractivity contribution in [2.75, 3.05) is 0 Å². The van der Waals surface area contributed by atoms with E-state index in [1.807, 2.05) is 0 Å². The zero-order chi connectivity index (χ0) is 4.99. The molecular formula is CH6ClN3O2. The summed E-state index contributed by atoms with van der Waals surface area (Å²) in [5, 5.41) is 7.57. The monoisotopic (exact) mass is 127 g/mol. The van der Waals surface area contributed by atoms with E-state index in [0.29, 0.717) is 0 Å². The van der Waals surface area contributed by atoms with Gasteiger partial charge in [0.1, 0.15) is 0 Å². The summed E-state index contributed by atoms with van der Waals surface area (Å²) in [6, 6.07) is -0.822. The van der Waals surface area contributed by atoms with Gasteiger partial charge in [0.05, 0.1) is 0 Å². The van der Waals surface area contributed by atoms with E-state index in [0.717, 1.165) is 0 Å². The SMILES string of the molecule is Cl.NC(=O)NNO. The second kappa shape index (κ2) is 5.48.